The highest BCUT2D eigenvalue weighted by molar-refractivity contribution is 5.88. The van der Waals surface area contributed by atoms with Gasteiger partial charge in [-0.3, -0.25) is 9.59 Å². The van der Waals surface area contributed by atoms with E-state index in [1.807, 2.05) is 62.9 Å². The largest absolute Gasteiger partial charge is 0.453 e. The average Bonchev–Trinajstić information content (AvgIpc) is 4.43. The van der Waals surface area contributed by atoms with E-state index in [1.54, 1.807) is 9.80 Å². The smallest absolute Gasteiger partial charge is 0.407 e. The van der Waals surface area contributed by atoms with Crippen molar-refractivity contribution < 1.29 is 37.4 Å². The SMILES string of the molecule is COC(=O)N[C@H](C(=O)N1CCC[C@H]1c1nc2ccc([C@H]3CC[C@H](c4ccc5nc([C@@H]6CCCN6C(=O)[C@@H](NC(=O)OC)C(C)C)[nH]c5c4)N3c3cc(F)c(N4CCC(c5cccc6ccccc56)CC4)c(F)c3)cc2[nH]1)C(C)C. The Balaban J connectivity index is 0.906. The third-order valence-corrected chi connectivity index (χ3v) is 17.1. The summed E-state index contributed by atoms with van der Waals surface area (Å²) in [4.78, 5) is 77.2. The first-order chi connectivity index (χ1) is 38.2. The van der Waals surface area contributed by atoms with E-state index in [0.717, 1.165) is 58.9 Å². The normalized spacial score (nSPS) is 20.7. The maximum atomic E-state index is 17.0. The number of hydrogen-bond donors (Lipinski definition) is 4. The Morgan fingerprint density at radius 3 is 1.58 bits per heavy atom. The first kappa shape index (κ1) is 53.3. The molecule has 0 aliphatic carbocycles. The van der Waals surface area contributed by atoms with Crippen LogP contribution in [0.2, 0.25) is 0 Å². The number of nitrogens with zero attached hydrogens (tertiary/aromatic N) is 6. The van der Waals surface area contributed by atoms with Gasteiger partial charge in [-0.05, 0) is 133 Å². The minimum absolute atomic E-state index is 0.00862. The van der Waals surface area contributed by atoms with Crippen molar-refractivity contribution in [2.24, 2.45) is 11.8 Å². The number of amides is 4. The molecule has 4 amide bonds. The number of alkyl carbamates (subject to hydrolysis) is 2. The lowest BCUT2D eigenvalue weighted by molar-refractivity contribution is -0.136. The molecule has 79 heavy (non-hydrogen) atoms. The molecule has 414 valence electrons. The van der Waals surface area contributed by atoms with Crippen LogP contribution in [0.5, 0.6) is 0 Å². The molecular weight excluding hydrogens is 1010 g/mol. The Hall–Kier alpha value is -7.76. The summed E-state index contributed by atoms with van der Waals surface area (Å²) in [5.41, 5.74) is 6.55. The Labute approximate surface area is 458 Å². The van der Waals surface area contributed by atoms with Crippen molar-refractivity contribution in [3.63, 3.8) is 0 Å². The highest BCUT2D eigenvalue weighted by atomic mass is 19.1. The van der Waals surface area contributed by atoms with Gasteiger partial charge in [-0.1, -0.05) is 82.3 Å². The van der Waals surface area contributed by atoms with Crippen LogP contribution in [-0.2, 0) is 19.1 Å². The monoisotopic (exact) mass is 1080 g/mol. The van der Waals surface area contributed by atoms with Crippen LogP contribution in [-0.4, -0.2) is 106 Å². The Morgan fingerprint density at radius 1 is 0.595 bits per heavy atom. The fourth-order valence-electron chi connectivity index (χ4n) is 13.1. The molecule has 7 aromatic rings. The number of carbonyl (C=O) groups excluding carboxylic acids is 4. The van der Waals surface area contributed by atoms with E-state index in [0.29, 0.717) is 69.2 Å². The van der Waals surface area contributed by atoms with Crippen LogP contribution in [0.15, 0.2) is 91.0 Å². The number of rotatable bonds is 13. The molecule has 4 N–H and O–H groups in total. The summed E-state index contributed by atoms with van der Waals surface area (Å²) in [6, 6.07) is 27.0. The number of ether oxygens (including phenoxy) is 2. The zero-order valence-electron chi connectivity index (χ0n) is 45.7. The van der Waals surface area contributed by atoms with Crippen molar-refractivity contribution in [2.75, 3.05) is 50.2 Å². The molecule has 18 heteroatoms. The molecule has 0 spiro atoms. The first-order valence-electron chi connectivity index (χ1n) is 28.0. The van der Waals surface area contributed by atoms with Crippen molar-refractivity contribution in [3.8, 4) is 0 Å². The van der Waals surface area contributed by atoms with Gasteiger partial charge in [-0.25, -0.2) is 28.3 Å². The van der Waals surface area contributed by atoms with Crippen molar-refractivity contribution in [2.45, 2.75) is 121 Å². The lowest BCUT2D eigenvalue weighted by Gasteiger charge is -2.36. The van der Waals surface area contributed by atoms with Gasteiger partial charge < -0.3 is 49.7 Å². The number of imidazole rings is 2. The molecule has 6 atom stereocenters. The summed E-state index contributed by atoms with van der Waals surface area (Å²) >= 11 is 0. The molecule has 5 aromatic carbocycles. The third kappa shape index (κ3) is 10.3. The van der Waals surface area contributed by atoms with Crippen molar-refractivity contribution in [1.29, 1.82) is 0 Å². The highest BCUT2D eigenvalue weighted by Crippen LogP contribution is 2.49. The molecule has 4 saturated heterocycles. The highest BCUT2D eigenvalue weighted by Gasteiger charge is 2.41. The van der Waals surface area contributed by atoms with Gasteiger partial charge in [0.15, 0.2) is 11.6 Å². The van der Waals surface area contributed by atoms with E-state index < -0.39 is 35.9 Å². The predicted octanol–water partition coefficient (Wildman–Crippen LogP) is 11.4. The molecule has 0 radical (unpaired) electrons. The second-order valence-electron chi connectivity index (χ2n) is 22.5. The van der Waals surface area contributed by atoms with Crippen LogP contribution in [0.25, 0.3) is 32.8 Å². The first-order valence-corrected chi connectivity index (χ1v) is 28.0. The zero-order valence-corrected chi connectivity index (χ0v) is 45.7. The Morgan fingerprint density at radius 2 is 1.09 bits per heavy atom. The molecule has 0 saturated carbocycles. The quantitative estimate of drug-likeness (QED) is 0.0868. The van der Waals surface area contributed by atoms with E-state index in [2.05, 4.69) is 74.0 Å². The summed E-state index contributed by atoms with van der Waals surface area (Å²) in [5.74, 6) is -0.408. The van der Waals surface area contributed by atoms with Gasteiger partial charge in [0, 0.05) is 31.9 Å². The van der Waals surface area contributed by atoms with Crippen LogP contribution in [0.1, 0.15) is 137 Å². The lowest BCUT2D eigenvalue weighted by Crippen LogP contribution is -2.51. The summed E-state index contributed by atoms with van der Waals surface area (Å²) < 4.78 is 43.8. The minimum Gasteiger partial charge on any atom is -0.453 e. The van der Waals surface area contributed by atoms with Gasteiger partial charge >= 0.3 is 12.2 Å². The maximum Gasteiger partial charge on any atom is 0.407 e. The van der Waals surface area contributed by atoms with Crippen LogP contribution >= 0.6 is 0 Å². The van der Waals surface area contributed by atoms with Crippen LogP contribution in [0, 0.1) is 23.5 Å². The number of halogens is 2. The zero-order chi connectivity index (χ0) is 55.2. The number of aromatic nitrogens is 4. The molecule has 4 aliphatic rings. The number of H-pyrrole nitrogens is 2. The van der Waals surface area contributed by atoms with E-state index in [-0.39, 0.29) is 59.4 Å². The van der Waals surface area contributed by atoms with Gasteiger partial charge in [-0.2, -0.15) is 0 Å². The van der Waals surface area contributed by atoms with Crippen LogP contribution < -0.4 is 20.4 Å². The van der Waals surface area contributed by atoms with E-state index >= 15 is 8.78 Å². The predicted molar refractivity (Wildman–Crippen MR) is 300 cm³/mol. The molecule has 16 nitrogen and oxygen atoms in total. The number of nitrogens with one attached hydrogen (secondary N) is 4. The number of methoxy groups -OCH3 is 2. The summed E-state index contributed by atoms with van der Waals surface area (Å²) in [6.45, 7) is 9.60. The number of benzene rings is 5. The average molecular weight is 1080 g/mol. The fourth-order valence-corrected chi connectivity index (χ4v) is 13.1. The Bertz CT molecular complexity index is 3250. The molecule has 2 aromatic heterocycles. The van der Waals surface area contributed by atoms with E-state index in [4.69, 9.17) is 19.4 Å². The number of fused-ring (bicyclic) bond motifs is 3. The summed E-state index contributed by atoms with van der Waals surface area (Å²) in [7, 11) is 2.55. The van der Waals surface area contributed by atoms with Crippen LogP contribution in [0.3, 0.4) is 0 Å². The third-order valence-electron chi connectivity index (χ3n) is 17.1. The van der Waals surface area contributed by atoms with Crippen molar-refractivity contribution >= 4 is 68.2 Å². The van der Waals surface area contributed by atoms with Gasteiger partial charge in [0.05, 0.1) is 60.5 Å². The number of aromatic amines is 2. The van der Waals surface area contributed by atoms with Crippen molar-refractivity contribution in [3.05, 3.63) is 131 Å². The molecule has 4 fully saturated rings. The minimum atomic E-state index is -0.771. The topological polar surface area (TPSA) is 181 Å². The summed E-state index contributed by atoms with van der Waals surface area (Å²) in [5, 5.41) is 7.85. The van der Waals surface area contributed by atoms with Crippen molar-refractivity contribution in [1.82, 2.24) is 40.4 Å². The Kier molecular flexibility index (Phi) is 14.9. The second-order valence-corrected chi connectivity index (χ2v) is 22.5. The lowest BCUT2D eigenvalue weighted by atomic mass is 9.86. The van der Waals surface area contributed by atoms with Gasteiger partial charge in [0.25, 0.3) is 0 Å². The molecule has 4 aliphatic heterocycles. The van der Waals surface area contributed by atoms with Gasteiger partial charge in [0.2, 0.25) is 11.8 Å². The van der Waals surface area contributed by atoms with E-state index in [9.17, 15) is 19.2 Å². The number of piperidine rings is 1. The number of anilines is 2. The summed E-state index contributed by atoms with van der Waals surface area (Å²) in [6.07, 6.45) is 4.47. The standard InChI is InChI=1S/C61H70F2N10O6/c1-34(2)53(68-60(76)78-5)58(74)71-26-10-16-51(71)56-64-45-20-18-38(30-47(45)66-56)49-22-23-50(39-19-21-46-48(31-39)67-57(65-46)52-17-11-27-72(52)59(75)54(35(3)4)69-61(77)79-6)73(49)40-32-43(62)55(44(63)33-40)70-28-24-37(25-29-70)42-15-9-13-36-12-7-8-14-41(36)42/h7-9,12-15,18-21,30-35,37,49-54H,10-11,16-17,22-29H2,1-6H3,(H,64,66)(H,65,67)(H,68,76)(H,69,77)/t49-,50-,51+,52+,53+,54+/m1/s1. The van der Waals surface area contributed by atoms with Crippen LogP contribution in [0.4, 0.5) is 29.7 Å². The molecule has 6 heterocycles. The number of hydrogen-bond acceptors (Lipinski definition) is 10. The van der Waals surface area contributed by atoms with E-state index in [1.165, 1.54) is 42.7 Å². The van der Waals surface area contributed by atoms with Gasteiger partial charge in [0.1, 0.15) is 29.4 Å². The molecule has 0 bridgehead atoms. The maximum absolute atomic E-state index is 17.0. The number of carbonyl (C=O) groups is 4. The van der Waals surface area contributed by atoms with Gasteiger partial charge in [-0.15, -0.1) is 0 Å². The molecular formula is C61H70F2N10O6. The molecule has 0 unspecified atom stereocenters. The number of likely N-dealkylation sites (tertiary alicyclic amines) is 2. The second kappa shape index (κ2) is 22.2. The molecule has 11 rings (SSSR count). The fraction of sp³-hybridized carbons (Fsp3) is 0.443.